The van der Waals surface area contributed by atoms with E-state index in [-0.39, 0.29) is 0 Å². The maximum absolute atomic E-state index is 5.43. The Morgan fingerprint density at radius 1 is 1.67 bits per heavy atom. The molecule has 0 spiro atoms. The Bertz CT molecular complexity index is 62.9. The van der Waals surface area contributed by atoms with Crippen LogP contribution in [0.15, 0.2) is 0 Å². The van der Waals surface area contributed by atoms with Gasteiger partial charge in [-0.1, -0.05) is 19.5 Å². The van der Waals surface area contributed by atoms with Gasteiger partial charge >= 0.3 is 0 Å². The van der Waals surface area contributed by atoms with E-state index in [0.29, 0.717) is 12.7 Å². The van der Waals surface area contributed by atoms with Crippen LogP contribution in [-0.4, -0.2) is 27.1 Å². The van der Waals surface area contributed by atoms with Crippen LogP contribution >= 0.6 is 11.6 Å². The molecular weight excluding hydrogens is 133 g/mol. The van der Waals surface area contributed by atoms with Gasteiger partial charge in [-0.2, -0.15) is 0 Å². The predicted octanol–water partition coefficient (Wildman–Crippen LogP) is 1.57. The first-order chi connectivity index (χ1) is 4.31. The summed E-state index contributed by atoms with van der Waals surface area (Å²) in [6.45, 7) is 2.42. The summed E-state index contributed by atoms with van der Waals surface area (Å²) >= 11 is 5.43. The summed E-state index contributed by atoms with van der Waals surface area (Å²) in [5, 5.41) is 0. The maximum atomic E-state index is 5.43. The van der Waals surface area contributed by atoms with Gasteiger partial charge in [0.1, 0.15) is 7.28 Å². The first-order valence-corrected chi connectivity index (χ1v) is 3.75. The van der Waals surface area contributed by atoms with Gasteiger partial charge in [0.2, 0.25) is 0 Å². The highest BCUT2D eigenvalue weighted by molar-refractivity contribution is 6.55. The van der Waals surface area contributed by atoms with Gasteiger partial charge in [-0.3, -0.25) is 0 Å². The minimum absolute atomic E-state index is 0.365. The quantitative estimate of drug-likeness (QED) is 0.324. The highest BCUT2D eigenvalue weighted by Gasteiger charge is 2.03. The van der Waals surface area contributed by atoms with E-state index >= 15 is 0 Å². The third-order valence-electron chi connectivity index (χ3n) is 1.29. The Balaban J connectivity index is 2.88. The number of alkyl halides is 1. The highest BCUT2D eigenvalue weighted by Crippen LogP contribution is 1.97. The number of halogens is 1. The molecule has 1 radical (unpaired) electrons. The predicted molar refractivity (Wildman–Crippen MR) is 44.7 cm³/mol. The molecule has 0 saturated carbocycles. The Hall–Kier alpha value is 0.380. The molecule has 0 saturated heterocycles. The maximum Gasteiger partial charge on any atom is 0.288 e. The monoisotopic (exact) mass is 145 g/mol. The summed E-state index contributed by atoms with van der Waals surface area (Å²) in [4.78, 5) is 0. The van der Waals surface area contributed by atoms with Gasteiger partial charge in [0.15, 0.2) is 0 Å². The summed E-state index contributed by atoms with van der Waals surface area (Å²) in [5.74, 6) is 0.649. The lowest BCUT2D eigenvalue weighted by molar-refractivity contribution is 0.425. The largest absolute Gasteiger partial charge is 0.439 e. The van der Waals surface area contributed by atoms with Crippen LogP contribution in [0.1, 0.15) is 0 Å². The molecule has 0 rings (SSSR count). The van der Waals surface area contributed by atoms with E-state index in [9.17, 15) is 0 Å². The van der Waals surface area contributed by atoms with Crippen molar-refractivity contribution in [1.82, 2.24) is 0 Å². The second-order valence-corrected chi connectivity index (χ2v) is 2.38. The number of hydrogen-bond acceptors (Lipinski definition) is 1. The topological polar surface area (TPSA) is 9.23 Å². The van der Waals surface area contributed by atoms with Gasteiger partial charge in [-0.05, 0) is 5.78 Å². The fourth-order valence-electron chi connectivity index (χ4n) is 0.548. The lowest BCUT2D eigenvalue weighted by Gasteiger charge is -2.01. The molecule has 0 N–H and O–H groups in total. The normalized spacial score (nSPS) is 9.22. The molecule has 9 heavy (non-hydrogen) atoms. The highest BCUT2D eigenvalue weighted by atomic mass is 35.5. The molecule has 4 heteroatoms. The number of rotatable bonds is 5. The van der Waals surface area contributed by atoms with Gasteiger partial charge in [0.25, 0.3) is 6.92 Å². The zero-order valence-electron chi connectivity index (χ0n) is 6.06. The molecule has 0 aliphatic carbocycles. The van der Waals surface area contributed by atoms with Crippen molar-refractivity contribution in [2.24, 2.45) is 0 Å². The third-order valence-corrected chi connectivity index (χ3v) is 1.51. The SMILES string of the molecule is COB(C)CC[B]CCl. The lowest BCUT2D eigenvalue weighted by Crippen LogP contribution is -2.10. The molecule has 0 atom stereocenters. The molecule has 0 aromatic rings. The van der Waals surface area contributed by atoms with Gasteiger partial charge in [0.05, 0.1) is 0 Å². The molecule has 0 aliphatic heterocycles. The van der Waals surface area contributed by atoms with Crippen LogP contribution < -0.4 is 0 Å². The van der Waals surface area contributed by atoms with Crippen molar-refractivity contribution < 1.29 is 4.65 Å². The van der Waals surface area contributed by atoms with E-state index in [4.69, 9.17) is 16.3 Å². The molecule has 0 aromatic carbocycles. The van der Waals surface area contributed by atoms with Crippen molar-refractivity contribution in [2.45, 2.75) is 19.5 Å². The van der Waals surface area contributed by atoms with Crippen molar-refractivity contribution in [2.75, 3.05) is 12.9 Å². The van der Waals surface area contributed by atoms with Crippen molar-refractivity contribution in [1.29, 1.82) is 0 Å². The van der Waals surface area contributed by atoms with Crippen LogP contribution in [0, 0.1) is 0 Å². The van der Waals surface area contributed by atoms with Crippen LogP contribution in [0.2, 0.25) is 19.5 Å². The molecule has 0 unspecified atom stereocenters. The average molecular weight is 145 g/mol. The number of hydrogen-bond donors (Lipinski definition) is 0. The van der Waals surface area contributed by atoms with Gasteiger partial charge in [0, 0.05) is 7.11 Å². The first-order valence-electron chi connectivity index (χ1n) is 3.21. The zero-order valence-corrected chi connectivity index (χ0v) is 6.82. The van der Waals surface area contributed by atoms with Crippen molar-refractivity contribution in [3.8, 4) is 0 Å². The van der Waals surface area contributed by atoms with E-state index in [0.717, 1.165) is 12.6 Å². The van der Waals surface area contributed by atoms with Crippen molar-refractivity contribution in [3.05, 3.63) is 0 Å². The molecular formula is C5H12B2ClO. The van der Waals surface area contributed by atoms with Gasteiger partial charge < -0.3 is 4.65 Å². The van der Waals surface area contributed by atoms with Crippen LogP contribution in [0.3, 0.4) is 0 Å². The Morgan fingerprint density at radius 3 is 2.78 bits per heavy atom. The molecule has 0 heterocycles. The second-order valence-electron chi connectivity index (χ2n) is 2.07. The molecule has 0 aromatic heterocycles. The Labute approximate surface area is 63.5 Å². The summed E-state index contributed by atoms with van der Waals surface area (Å²) in [5.41, 5.74) is 0. The van der Waals surface area contributed by atoms with Gasteiger partial charge in [-0.25, -0.2) is 0 Å². The zero-order chi connectivity index (χ0) is 7.11. The summed E-state index contributed by atoms with van der Waals surface area (Å²) in [7, 11) is 3.78. The fraction of sp³-hybridized carbons (Fsp3) is 1.00. The molecule has 0 amide bonds. The van der Waals surface area contributed by atoms with Crippen LogP contribution in [0.5, 0.6) is 0 Å². The van der Waals surface area contributed by atoms with E-state index in [1.54, 1.807) is 7.11 Å². The van der Waals surface area contributed by atoms with E-state index < -0.39 is 0 Å². The van der Waals surface area contributed by atoms with Gasteiger partial charge in [-0.15, -0.1) is 11.6 Å². The van der Waals surface area contributed by atoms with Crippen LogP contribution in [0.25, 0.3) is 0 Å². The summed E-state index contributed by atoms with van der Waals surface area (Å²) in [6.07, 6.45) is 2.13. The smallest absolute Gasteiger partial charge is 0.288 e. The van der Waals surface area contributed by atoms with E-state index in [2.05, 4.69) is 14.1 Å². The summed E-state index contributed by atoms with van der Waals surface area (Å²) < 4.78 is 5.03. The Morgan fingerprint density at radius 2 is 2.33 bits per heavy atom. The average Bonchev–Trinajstić information content (AvgIpc) is 1.89. The molecule has 51 valence electrons. The second kappa shape index (κ2) is 6.50. The summed E-state index contributed by atoms with van der Waals surface area (Å²) in [6, 6.07) is 0. The van der Waals surface area contributed by atoms with E-state index in [1.807, 2.05) is 0 Å². The third kappa shape index (κ3) is 6.26. The molecule has 0 fully saturated rings. The lowest BCUT2D eigenvalue weighted by atomic mass is 9.59. The fourth-order valence-corrected chi connectivity index (χ4v) is 0.702. The van der Waals surface area contributed by atoms with Crippen LogP contribution in [-0.2, 0) is 4.65 Å². The minimum Gasteiger partial charge on any atom is -0.439 e. The van der Waals surface area contributed by atoms with Crippen LogP contribution in [0.4, 0.5) is 0 Å². The first kappa shape index (κ1) is 9.38. The molecule has 0 aliphatic rings. The van der Waals surface area contributed by atoms with E-state index in [1.165, 1.54) is 0 Å². The molecule has 1 nitrogen and oxygen atoms in total. The van der Waals surface area contributed by atoms with Crippen molar-refractivity contribution >= 4 is 25.8 Å². The standard InChI is InChI=1S/C5H12B2ClO/c1-7(9-2)4-3-6-5-8/h3-5H2,1-2H3. The molecule has 0 bridgehead atoms. The minimum atomic E-state index is 0.365. The van der Waals surface area contributed by atoms with Crippen molar-refractivity contribution in [3.63, 3.8) is 0 Å². The Kier molecular flexibility index (Phi) is 6.77.